The molecule has 0 amide bonds. The van der Waals surface area contributed by atoms with Gasteiger partial charge in [-0.25, -0.2) is 0 Å². The van der Waals surface area contributed by atoms with Crippen LogP contribution in [0.4, 0.5) is 0 Å². The second-order valence-corrected chi connectivity index (χ2v) is 1.41. The standard InChI is InChI=1S/C5H11NO2/c1-5(7)4-8-3-2-6/h7H,1-4,6H2. The Labute approximate surface area is 48.8 Å². The van der Waals surface area contributed by atoms with E-state index in [2.05, 4.69) is 6.58 Å². The summed E-state index contributed by atoms with van der Waals surface area (Å²) in [5, 5.41) is 8.42. The zero-order valence-corrected chi connectivity index (χ0v) is 4.76. The molecule has 8 heavy (non-hydrogen) atoms. The normalized spacial score (nSPS) is 9.12. The van der Waals surface area contributed by atoms with Gasteiger partial charge in [0.2, 0.25) is 0 Å². The topological polar surface area (TPSA) is 55.5 Å². The summed E-state index contributed by atoms with van der Waals surface area (Å²) in [7, 11) is 0. The highest BCUT2D eigenvalue weighted by Crippen LogP contribution is 1.81. The van der Waals surface area contributed by atoms with E-state index in [4.69, 9.17) is 15.6 Å². The number of hydrogen-bond acceptors (Lipinski definition) is 3. The van der Waals surface area contributed by atoms with Crippen LogP contribution in [0.25, 0.3) is 0 Å². The van der Waals surface area contributed by atoms with Gasteiger partial charge in [0.25, 0.3) is 0 Å². The van der Waals surface area contributed by atoms with Crippen LogP contribution in [0.5, 0.6) is 0 Å². The van der Waals surface area contributed by atoms with Crippen LogP contribution in [0.3, 0.4) is 0 Å². The Morgan fingerprint density at radius 1 is 1.75 bits per heavy atom. The summed E-state index contributed by atoms with van der Waals surface area (Å²) in [6.07, 6.45) is 0. The summed E-state index contributed by atoms with van der Waals surface area (Å²) in [6, 6.07) is 0. The van der Waals surface area contributed by atoms with Crippen molar-refractivity contribution in [2.24, 2.45) is 5.73 Å². The minimum Gasteiger partial charge on any atom is -0.510 e. The number of ether oxygens (including phenoxy) is 1. The van der Waals surface area contributed by atoms with Gasteiger partial charge in [-0.15, -0.1) is 0 Å². The van der Waals surface area contributed by atoms with Gasteiger partial charge in [0.1, 0.15) is 12.4 Å². The number of hydrogen-bond donors (Lipinski definition) is 2. The summed E-state index contributed by atoms with van der Waals surface area (Å²) >= 11 is 0. The molecule has 0 fully saturated rings. The average molecular weight is 117 g/mol. The average Bonchev–Trinajstić information content (AvgIpc) is 1.66. The first-order valence-corrected chi connectivity index (χ1v) is 2.42. The monoisotopic (exact) mass is 117 g/mol. The van der Waals surface area contributed by atoms with E-state index in [1.807, 2.05) is 0 Å². The van der Waals surface area contributed by atoms with Crippen LogP contribution in [0.15, 0.2) is 12.3 Å². The first-order chi connectivity index (χ1) is 3.77. The summed E-state index contributed by atoms with van der Waals surface area (Å²) in [5.41, 5.74) is 5.08. The van der Waals surface area contributed by atoms with Crippen molar-refractivity contribution >= 4 is 0 Å². The van der Waals surface area contributed by atoms with Gasteiger partial charge in [-0.05, 0) is 0 Å². The van der Waals surface area contributed by atoms with E-state index in [0.29, 0.717) is 13.2 Å². The van der Waals surface area contributed by atoms with Crippen LogP contribution in [-0.2, 0) is 4.74 Å². The highest BCUT2D eigenvalue weighted by atomic mass is 16.5. The number of nitrogens with two attached hydrogens (primary N) is 1. The van der Waals surface area contributed by atoms with E-state index >= 15 is 0 Å². The summed E-state index contributed by atoms with van der Waals surface area (Å²) < 4.78 is 4.77. The second-order valence-electron chi connectivity index (χ2n) is 1.41. The maximum atomic E-state index is 8.42. The van der Waals surface area contributed by atoms with Gasteiger partial charge in [-0.3, -0.25) is 0 Å². The van der Waals surface area contributed by atoms with E-state index < -0.39 is 0 Å². The minimum absolute atomic E-state index is 0.0402. The summed E-state index contributed by atoms with van der Waals surface area (Å²) in [4.78, 5) is 0. The van der Waals surface area contributed by atoms with Gasteiger partial charge in [0, 0.05) is 6.54 Å². The Hall–Kier alpha value is -0.540. The number of rotatable bonds is 4. The van der Waals surface area contributed by atoms with Crippen molar-refractivity contribution in [3.05, 3.63) is 12.3 Å². The van der Waals surface area contributed by atoms with Gasteiger partial charge in [-0.2, -0.15) is 0 Å². The fourth-order valence-electron chi connectivity index (χ4n) is 0.273. The number of aliphatic hydroxyl groups is 1. The zero-order chi connectivity index (χ0) is 6.41. The second kappa shape index (κ2) is 4.61. The lowest BCUT2D eigenvalue weighted by molar-refractivity contribution is 0.135. The first-order valence-electron chi connectivity index (χ1n) is 2.42. The van der Waals surface area contributed by atoms with Gasteiger partial charge in [0.15, 0.2) is 0 Å². The van der Waals surface area contributed by atoms with Crippen molar-refractivity contribution in [3.8, 4) is 0 Å². The highest BCUT2D eigenvalue weighted by molar-refractivity contribution is 4.77. The van der Waals surface area contributed by atoms with Crippen LogP contribution in [0, 0.1) is 0 Å². The molecule has 0 heterocycles. The lowest BCUT2D eigenvalue weighted by atomic mass is 10.6. The third-order valence-electron chi connectivity index (χ3n) is 0.531. The van der Waals surface area contributed by atoms with Crippen molar-refractivity contribution in [1.29, 1.82) is 0 Å². The molecule has 0 aliphatic rings. The van der Waals surface area contributed by atoms with E-state index in [1.165, 1.54) is 0 Å². The zero-order valence-electron chi connectivity index (χ0n) is 4.76. The van der Waals surface area contributed by atoms with Gasteiger partial charge >= 0.3 is 0 Å². The molecule has 0 atom stereocenters. The fourth-order valence-corrected chi connectivity index (χ4v) is 0.273. The largest absolute Gasteiger partial charge is 0.510 e. The molecule has 0 aromatic rings. The Bertz CT molecular complexity index is 72.8. The maximum Gasteiger partial charge on any atom is 0.111 e. The quantitative estimate of drug-likeness (QED) is 0.403. The van der Waals surface area contributed by atoms with E-state index in [9.17, 15) is 0 Å². The summed E-state index contributed by atoms with van der Waals surface area (Å²) in [6.45, 7) is 4.36. The molecule has 0 aliphatic carbocycles. The van der Waals surface area contributed by atoms with Crippen LogP contribution < -0.4 is 5.73 Å². The lowest BCUT2D eigenvalue weighted by Gasteiger charge is -1.97. The Balaban J connectivity index is 2.82. The van der Waals surface area contributed by atoms with Crippen LogP contribution >= 0.6 is 0 Å². The van der Waals surface area contributed by atoms with Gasteiger partial charge < -0.3 is 15.6 Å². The van der Waals surface area contributed by atoms with Gasteiger partial charge in [0.05, 0.1) is 6.61 Å². The molecule has 3 nitrogen and oxygen atoms in total. The Morgan fingerprint density at radius 3 is 2.75 bits per heavy atom. The van der Waals surface area contributed by atoms with Crippen molar-refractivity contribution in [3.63, 3.8) is 0 Å². The molecule has 0 radical (unpaired) electrons. The third kappa shape index (κ3) is 5.46. The molecule has 0 aliphatic heterocycles. The maximum absolute atomic E-state index is 8.42. The number of aliphatic hydroxyl groups excluding tert-OH is 1. The third-order valence-corrected chi connectivity index (χ3v) is 0.531. The Morgan fingerprint density at radius 2 is 2.38 bits per heavy atom. The SMILES string of the molecule is C=C(O)COCCN. The van der Waals surface area contributed by atoms with E-state index in [-0.39, 0.29) is 12.4 Å². The van der Waals surface area contributed by atoms with Crippen LogP contribution in [-0.4, -0.2) is 24.9 Å². The van der Waals surface area contributed by atoms with Crippen molar-refractivity contribution in [2.75, 3.05) is 19.8 Å². The molecule has 0 unspecified atom stereocenters. The molecule has 0 bridgehead atoms. The molecule has 0 saturated heterocycles. The van der Waals surface area contributed by atoms with Crippen LogP contribution in [0.1, 0.15) is 0 Å². The van der Waals surface area contributed by atoms with E-state index in [1.54, 1.807) is 0 Å². The molecule has 0 spiro atoms. The molecule has 3 N–H and O–H groups in total. The van der Waals surface area contributed by atoms with Crippen molar-refractivity contribution in [2.45, 2.75) is 0 Å². The smallest absolute Gasteiger partial charge is 0.111 e. The molecule has 0 saturated carbocycles. The summed E-state index contributed by atoms with van der Waals surface area (Å²) in [5.74, 6) is 0.0402. The lowest BCUT2D eigenvalue weighted by Crippen LogP contribution is -2.09. The fraction of sp³-hybridized carbons (Fsp3) is 0.600. The van der Waals surface area contributed by atoms with E-state index in [0.717, 1.165) is 0 Å². The molecule has 48 valence electrons. The molecule has 0 rings (SSSR count). The van der Waals surface area contributed by atoms with Gasteiger partial charge in [-0.1, -0.05) is 6.58 Å². The van der Waals surface area contributed by atoms with Crippen molar-refractivity contribution < 1.29 is 9.84 Å². The molecule has 0 aromatic heterocycles. The first kappa shape index (κ1) is 7.46. The molecule has 0 aromatic carbocycles. The predicted molar refractivity (Wildman–Crippen MR) is 31.6 cm³/mol. The molecular weight excluding hydrogens is 106 g/mol. The minimum atomic E-state index is 0.0402. The molecular formula is C5H11NO2. The van der Waals surface area contributed by atoms with Crippen LogP contribution in [0.2, 0.25) is 0 Å². The Kier molecular flexibility index (Phi) is 4.30. The predicted octanol–water partition coefficient (Wildman–Crippen LogP) is 0.0334. The highest BCUT2D eigenvalue weighted by Gasteiger charge is 1.85. The molecule has 3 heteroatoms. The van der Waals surface area contributed by atoms with Crippen molar-refractivity contribution in [1.82, 2.24) is 0 Å².